The zero-order chi connectivity index (χ0) is 6.41. The van der Waals surface area contributed by atoms with Gasteiger partial charge in [0.15, 0.2) is 0 Å². The number of carboxylic acid groups (broad SMARTS) is 1. The predicted octanol–water partition coefficient (Wildman–Crippen LogP) is 1.18. The number of amides is 1. The van der Waals surface area contributed by atoms with Crippen LogP contribution in [0, 0.1) is 0 Å². The average molecular weight is 117 g/mol. The molecule has 3 nitrogen and oxygen atoms in total. The van der Waals surface area contributed by atoms with Gasteiger partial charge in [-0.3, -0.25) is 0 Å². The van der Waals surface area contributed by atoms with Gasteiger partial charge in [0.2, 0.25) is 0 Å². The molecule has 0 unspecified atom stereocenters. The van der Waals surface area contributed by atoms with Crippen molar-refractivity contribution < 1.29 is 9.90 Å². The Hall–Kier alpha value is -0.730. The minimum atomic E-state index is -1.33. The van der Waals surface area contributed by atoms with Gasteiger partial charge in [0.05, 0.1) is 0 Å². The standard InChI is InChI=1S/C4H8.CH3NO2/c1-2-4-3-1;2-1(3)4/h1-4H2;2H2,(H,3,4). The Labute approximate surface area is 48.5 Å². The number of rotatable bonds is 0. The third kappa shape index (κ3) is 8.99. The van der Waals surface area contributed by atoms with Crippen LogP contribution in [0.1, 0.15) is 25.7 Å². The number of nitrogens with two attached hydrogens (primary N) is 1. The summed E-state index contributed by atoms with van der Waals surface area (Å²) in [6.07, 6.45) is 4.67. The molecule has 0 radical (unpaired) electrons. The van der Waals surface area contributed by atoms with E-state index in [4.69, 9.17) is 9.90 Å². The maximum Gasteiger partial charge on any atom is 0.402 e. The van der Waals surface area contributed by atoms with Crippen molar-refractivity contribution in [2.45, 2.75) is 25.7 Å². The second-order valence-corrected chi connectivity index (χ2v) is 1.75. The lowest BCUT2D eigenvalue weighted by atomic mass is 10.0. The van der Waals surface area contributed by atoms with Crippen molar-refractivity contribution in [3.8, 4) is 0 Å². The van der Waals surface area contributed by atoms with Crippen LogP contribution in [-0.4, -0.2) is 11.2 Å². The minimum absolute atomic E-state index is 1.33. The van der Waals surface area contributed by atoms with Gasteiger partial charge < -0.3 is 10.8 Å². The molecule has 0 heterocycles. The summed E-state index contributed by atoms with van der Waals surface area (Å²) in [6.45, 7) is 0. The fourth-order valence-electron chi connectivity index (χ4n) is 0.250. The second-order valence-electron chi connectivity index (χ2n) is 1.75. The van der Waals surface area contributed by atoms with Crippen molar-refractivity contribution in [1.82, 2.24) is 0 Å². The minimum Gasteiger partial charge on any atom is -0.465 e. The summed E-state index contributed by atoms with van der Waals surface area (Å²) < 4.78 is 0. The van der Waals surface area contributed by atoms with Gasteiger partial charge in [0.25, 0.3) is 0 Å². The van der Waals surface area contributed by atoms with Gasteiger partial charge in [-0.1, -0.05) is 25.7 Å². The van der Waals surface area contributed by atoms with Crippen molar-refractivity contribution in [2.24, 2.45) is 5.73 Å². The van der Waals surface area contributed by atoms with Gasteiger partial charge in [-0.25, -0.2) is 4.79 Å². The van der Waals surface area contributed by atoms with Crippen molar-refractivity contribution in [3.63, 3.8) is 0 Å². The summed E-state index contributed by atoms with van der Waals surface area (Å²) in [5.41, 5.74) is 4.03. The Bertz CT molecular complexity index is 60.8. The Morgan fingerprint density at radius 3 is 1.38 bits per heavy atom. The summed E-state index contributed by atoms with van der Waals surface area (Å²) in [6, 6.07) is 0. The SMILES string of the molecule is C1CCC1.NC(=O)O. The first kappa shape index (κ1) is 7.27. The second kappa shape index (κ2) is 4.43. The molecule has 1 aliphatic carbocycles. The molecule has 1 amide bonds. The highest BCUT2D eigenvalue weighted by molar-refractivity contribution is 5.61. The molecule has 0 saturated heterocycles. The Balaban J connectivity index is 0.000000122. The van der Waals surface area contributed by atoms with Crippen LogP contribution >= 0.6 is 0 Å². The lowest BCUT2D eigenvalue weighted by Gasteiger charge is -2.05. The highest BCUT2D eigenvalue weighted by atomic mass is 16.4. The molecule has 3 N–H and O–H groups in total. The van der Waals surface area contributed by atoms with E-state index in [1.54, 1.807) is 0 Å². The van der Waals surface area contributed by atoms with Gasteiger partial charge in [-0.05, 0) is 0 Å². The molecule has 1 rings (SSSR count). The van der Waals surface area contributed by atoms with Crippen LogP contribution < -0.4 is 5.73 Å². The first-order valence-electron chi connectivity index (χ1n) is 2.72. The zero-order valence-corrected chi connectivity index (χ0v) is 4.76. The molecule has 1 aliphatic rings. The summed E-state index contributed by atoms with van der Waals surface area (Å²) in [5, 5.41) is 7.19. The fourth-order valence-corrected chi connectivity index (χ4v) is 0.250. The summed E-state index contributed by atoms with van der Waals surface area (Å²) >= 11 is 0. The van der Waals surface area contributed by atoms with E-state index in [0.29, 0.717) is 0 Å². The van der Waals surface area contributed by atoms with Crippen LogP contribution in [0.2, 0.25) is 0 Å². The Kier molecular flexibility index (Phi) is 4.03. The fraction of sp³-hybridized carbons (Fsp3) is 0.800. The van der Waals surface area contributed by atoms with E-state index in [-0.39, 0.29) is 0 Å². The van der Waals surface area contributed by atoms with E-state index in [9.17, 15) is 0 Å². The van der Waals surface area contributed by atoms with Gasteiger partial charge in [0.1, 0.15) is 0 Å². The molecule has 0 aromatic rings. The van der Waals surface area contributed by atoms with Crippen molar-refractivity contribution in [2.75, 3.05) is 0 Å². The maximum absolute atomic E-state index is 8.78. The van der Waals surface area contributed by atoms with E-state index in [0.717, 1.165) is 0 Å². The molecule has 1 fully saturated rings. The number of primary amides is 1. The molecule has 0 atom stereocenters. The molecule has 0 aromatic carbocycles. The monoisotopic (exact) mass is 117 g/mol. The molecule has 48 valence electrons. The molecule has 0 aromatic heterocycles. The van der Waals surface area contributed by atoms with Crippen LogP contribution in [-0.2, 0) is 0 Å². The lowest BCUT2D eigenvalue weighted by molar-refractivity contribution is 0.205. The normalized spacial score (nSPS) is 15.0. The van der Waals surface area contributed by atoms with Gasteiger partial charge in [0, 0.05) is 0 Å². The molecular formula is C5H11NO2. The molecule has 0 bridgehead atoms. The number of hydrogen-bond donors (Lipinski definition) is 2. The van der Waals surface area contributed by atoms with Crippen LogP contribution in [0.3, 0.4) is 0 Å². The Morgan fingerprint density at radius 1 is 1.25 bits per heavy atom. The van der Waals surface area contributed by atoms with E-state index in [1.807, 2.05) is 0 Å². The predicted molar refractivity (Wildman–Crippen MR) is 30.7 cm³/mol. The van der Waals surface area contributed by atoms with E-state index < -0.39 is 6.09 Å². The van der Waals surface area contributed by atoms with Crippen molar-refractivity contribution in [3.05, 3.63) is 0 Å². The quantitative estimate of drug-likeness (QED) is 0.500. The molecule has 1 saturated carbocycles. The first-order valence-corrected chi connectivity index (χ1v) is 2.72. The van der Waals surface area contributed by atoms with Gasteiger partial charge >= 0.3 is 6.09 Å². The van der Waals surface area contributed by atoms with Crippen LogP contribution in [0.4, 0.5) is 4.79 Å². The topological polar surface area (TPSA) is 63.3 Å². The third-order valence-electron chi connectivity index (χ3n) is 1.000. The van der Waals surface area contributed by atoms with Crippen LogP contribution in [0.5, 0.6) is 0 Å². The number of hydrogen-bond acceptors (Lipinski definition) is 1. The Morgan fingerprint density at radius 2 is 1.38 bits per heavy atom. The lowest BCUT2D eigenvalue weighted by Crippen LogP contribution is -2.03. The highest BCUT2D eigenvalue weighted by Crippen LogP contribution is 2.15. The smallest absolute Gasteiger partial charge is 0.402 e. The number of carbonyl (C=O) groups is 1. The molecule has 3 heteroatoms. The highest BCUT2D eigenvalue weighted by Gasteiger charge is 1.95. The summed E-state index contributed by atoms with van der Waals surface area (Å²) in [4.78, 5) is 8.78. The van der Waals surface area contributed by atoms with E-state index in [2.05, 4.69) is 5.73 Å². The average Bonchev–Trinajstić information content (AvgIpc) is 1.19. The van der Waals surface area contributed by atoms with Gasteiger partial charge in [-0.15, -0.1) is 0 Å². The molecule has 8 heavy (non-hydrogen) atoms. The third-order valence-corrected chi connectivity index (χ3v) is 1.000. The van der Waals surface area contributed by atoms with E-state index in [1.165, 1.54) is 25.7 Å². The van der Waals surface area contributed by atoms with Crippen molar-refractivity contribution >= 4 is 6.09 Å². The summed E-state index contributed by atoms with van der Waals surface area (Å²) in [7, 11) is 0. The van der Waals surface area contributed by atoms with Gasteiger partial charge in [-0.2, -0.15) is 0 Å². The maximum atomic E-state index is 8.78. The van der Waals surface area contributed by atoms with E-state index >= 15 is 0 Å². The molecule has 0 aliphatic heterocycles. The first-order chi connectivity index (χ1) is 3.73. The largest absolute Gasteiger partial charge is 0.465 e. The molecular weight excluding hydrogens is 106 g/mol. The van der Waals surface area contributed by atoms with Crippen LogP contribution in [0.25, 0.3) is 0 Å². The van der Waals surface area contributed by atoms with Crippen molar-refractivity contribution in [1.29, 1.82) is 0 Å². The summed E-state index contributed by atoms with van der Waals surface area (Å²) in [5.74, 6) is 0. The van der Waals surface area contributed by atoms with Crippen LogP contribution in [0.15, 0.2) is 0 Å². The zero-order valence-electron chi connectivity index (χ0n) is 4.76. The molecule has 0 spiro atoms.